The Balaban J connectivity index is 2.21. The fourth-order valence-electron chi connectivity index (χ4n) is 1.94. The molecule has 0 fully saturated rings. The highest BCUT2D eigenvalue weighted by Gasteiger charge is 2.22. The van der Waals surface area contributed by atoms with Gasteiger partial charge in [-0.3, -0.25) is 0 Å². The van der Waals surface area contributed by atoms with Crippen LogP contribution in [-0.2, 0) is 6.42 Å². The predicted octanol–water partition coefficient (Wildman–Crippen LogP) is 2.19. The summed E-state index contributed by atoms with van der Waals surface area (Å²) in [5, 5.41) is 13.2. The maximum Gasteiger partial charge on any atom is 0.0791 e. The number of nitrogens with one attached hydrogen (secondary N) is 1. The Kier molecular flexibility index (Phi) is 2.46. The summed E-state index contributed by atoms with van der Waals surface area (Å²) < 4.78 is 0. The van der Waals surface area contributed by atoms with Gasteiger partial charge in [-0.15, -0.1) is 0 Å². The van der Waals surface area contributed by atoms with Gasteiger partial charge in [0.05, 0.1) is 5.60 Å². The Morgan fingerprint density at radius 1 is 1.36 bits per heavy atom. The molecule has 76 valence electrons. The molecule has 1 unspecified atom stereocenters. The number of fused-ring (bicyclic) bond motifs is 1. The fourth-order valence-corrected chi connectivity index (χ4v) is 1.94. The molecule has 0 amide bonds. The zero-order valence-electron chi connectivity index (χ0n) is 8.59. The van der Waals surface area contributed by atoms with E-state index in [1.54, 1.807) is 0 Å². The van der Waals surface area contributed by atoms with Crippen LogP contribution < -0.4 is 5.32 Å². The van der Waals surface area contributed by atoms with Crippen LogP contribution in [0.15, 0.2) is 24.3 Å². The maximum atomic E-state index is 9.94. The fraction of sp³-hybridized carbons (Fsp3) is 0.500. The summed E-state index contributed by atoms with van der Waals surface area (Å²) >= 11 is 0. The Labute approximate surface area is 85.0 Å². The first-order valence-corrected chi connectivity index (χ1v) is 5.22. The molecule has 1 aliphatic heterocycles. The van der Waals surface area contributed by atoms with Crippen molar-refractivity contribution < 1.29 is 5.11 Å². The monoisotopic (exact) mass is 191 g/mol. The molecular formula is C12H17NO. The lowest BCUT2D eigenvalue weighted by molar-refractivity contribution is 0.0615. The van der Waals surface area contributed by atoms with Crippen LogP contribution in [0.3, 0.4) is 0 Å². The van der Waals surface area contributed by atoms with E-state index in [1.165, 1.54) is 11.3 Å². The van der Waals surface area contributed by atoms with Crippen LogP contribution in [0.25, 0.3) is 0 Å². The maximum absolute atomic E-state index is 9.94. The number of benzene rings is 1. The number of aliphatic hydroxyl groups is 1. The molecule has 0 radical (unpaired) electrons. The summed E-state index contributed by atoms with van der Waals surface area (Å²) in [4.78, 5) is 0. The van der Waals surface area contributed by atoms with Crippen LogP contribution in [0.5, 0.6) is 0 Å². The van der Waals surface area contributed by atoms with Gasteiger partial charge in [0.15, 0.2) is 0 Å². The van der Waals surface area contributed by atoms with Crippen LogP contribution in [0.4, 0.5) is 5.69 Å². The highest BCUT2D eigenvalue weighted by Crippen LogP contribution is 2.24. The second-order valence-electron chi connectivity index (χ2n) is 4.36. The van der Waals surface area contributed by atoms with E-state index in [2.05, 4.69) is 23.5 Å². The van der Waals surface area contributed by atoms with E-state index in [0.29, 0.717) is 6.54 Å². The summed E-state index contributed by atoms with van der Waals surface area (Å²) in [6, 6.07) is 8.33. The molecule has 2 heteroatoms. The van der Waals surface area contributed by atoms with Crippen molar-refractivity contribution in [3.8, 4) is 0 Å². The smallest absolute Gasteiger partial charge is 0.0791 e. The minimum atomic E-state index is -0.562. The van der Waals surface area contributed by atoms with E-state index in [1.807, 2.05) is 13.0 Å². The number of aryl methyl sites for hydroxylation is 1. The van der Waals surface area contributed by atoms with Gasteiger partial charge in [0.25, 0.3) is 0 Å². The van der Waals surface area contributed by atoms with Gasteiger partial charge in [0.2, 0.25) is 0 Å². The lowest BCUT2D eigenvalue weighted by atomic mass is 9.94. The molecule has 1 aliphatic rings. The minimum absolute atomic E-state index is 0.562. The Morgan fingerprint density at radius 3 is 3.00 bits per heavy atom. The molecule has 0 aromatic heterocycles. The van der Waals surface area contributed by atoms with E-state index < -0.39 is 5.60 Å². The molecule has 2 N–H and O–H groups in total. The van der Waals surface area contributed by atoms with Gasteiger partial charge in [-0.1, -0.05) is 18.2 Å². The molecule has 1 heterocycles. The largest absolute Gasteiger partial charge is 0.388 e. The van der Waals surface area contributed by atoms with Crippen molar-refractivity contribution in [2.45, 2.75) is 31.8 Å². The highest BCUT2D eigenvalue weighted by molar-refractivity contribution is 5.51. The molecule has 0 saturated heterocycles. The Hall–Kier alpha value is -1.02. The Morgan fingerprint density at radius 2 is 2.14 bits per heavy atom. The second kappa shape index (κ2) is 3.62. The molecule has 2 rings (SSSR count). The van der Waals surface area contributed by atoms with Crippen LogP contribution >= 0.6 is 0 Å². The van der Waals surface area contributed by atoms with E-state index in [4.69, 9.17) is 0 Å². The molecule has 2 nitrogen and oxygen atoms in total. The molecule has 0 saturated carbocycles. The van der Waals surface area contributed by atoms with Gasteiger partial charge in [0.1, 0.15) is 0 Å². The van der Waals surface area contributed by atoms with Gasteiger partial charge in [-0.2, -0.15) is 0 Å². The van der Waals surface area contributed by atoms with Crippen molar-refractivity contribution in [2.75, 3.05) is 11.9 Å². The molecular weight excluding hydrogens is 174 g/mol. The summed E-state index contributed by atoms with van der Waals surface area (Å²) in [6.07, 6.45) is 2.99. The van der Waals surface area contributed by atoms with Gasteiger partial charge in [-0.05, 0) is 37.8 Å². The molecule has 0 bridgehead atoms. The second-order valence-corrected chi connectivity index (χ2v) is 4.36. The predicted molar refractivity (Wildman–Crippen MR) is 58.5 cm³/mol. The van der Waals surface area contributed by atoms with E-state index >= 15 is 0 Å². The SMILES string of the molecule is CC1(O)CCCc2ccccc2NC1. The number of hydrogen-bond acceptors (Lipinski definition) is 2. The van der Waals surface area contributed by atoms with E-state index in [0.717, 1.165) is 19.3 Å². The summed E-state index contributed by atoms with van der Waals surface area (Å²) in [7, 11) is 0. The average Bonchev–Trinajstić information content (AvgIpc) is 2.14. The first-order chi connectivity index (χ1) is 6.67. The average molecular weight is 191 g/mol. The number of hydrogen-bond donors (Lipinski definition) is 2. The van der Waals surface area contributed by atoms with Crippen molar-refractivity contribution in [3.05, 3.63) is 29.8 Å². The third-order valence-corrected chi connectivity index (χ3v) is 2.84. The zero-order chi connectivity index (χ0) is 10.0. The quantitative estimate of drug-likeness (QED) is 0.659. The van der Waals surface area contributed by atoms with Gasteiger partial charge in [-0.25, -0.2) is 0 Å². The minimum Gasteiger partial charge on any atom is -0.388 e. The van der Waals surface area contributed by atoms with Crippen LogP contribution in [0.2, 0.25) is 0 Å². The van der Waals surface area contributed by atoms with Crippen LogP contribution in [-0.4, -0.2) is 17.3 Å². The lowest BCUT2D eigenvalue weighted by Gasteiger charge is -2.27. The molecule has 14 heavy (non-hydrogen) atoms. The normalized spacial score (nSPS) is 27.0. The summed E-state index contributed by atoms with van der Waals surface area (Å²) in [5.74, 6) is 0. The van der Waals surface area contributed by atoms with Gasteiger partial charge >= 0.3 is 0 Å². The van der Waals surface area contributed by atoms with Gasteiger partial charge in [0, 0.05) is 12.2 Å². The number of β-amino-alcohol motifs (C(OH)–C–C–N with tert-alkyl or cyclic N) is 1. The first-order valence-electron chi connectivity index (χ1n) is 5.22. The van der Waals surface area contributed by atoms with Crippen molar-refractivity contribution in [1.82, 2.24) is 0 Å². The Bertz CT molecular complexity index is 320. The molecule has 0 aliphatic carbocycles. The zero-order valence-corrected chi connectivity index (χ0v) is 8.59. The molecule has 1 aromatic carbocycles. The third-order valence-electron chi connectivity index (χ3n) is 2.84. The number of rotatable bonds is 0. The van der Waals surface area contributed by atoms with Crippen LogP contribution in [0.1, 0.15) is 25.3 Å². The van der Waals surface area contributed by atoms with E-state index in [9.17, 15) is 5.11 Å². The highest BCUT2D eigenvalue weighted by atomic mass is 16.3. The molecule has 1 aromatic rings. The summed E-state index contributed by atoms with van der Waals surface area (Å²) in [5.41, 5.74) is 1.98. The van der Waals surface area contributed by atoms with Gasteiger partial charge < -0.3 is 10.4 Å². The number of para-hydroxylation sites is 1. The van der Waals surface area contributed by atoms with Crippen molar-refractivity contribution in [2.24, 2.45) is 0 Å². The molecule has 0 spiro atoms. The van der Waals surface area contributed by atoms with Crippen molar-refractivity contribution in [1.29, 1.82) is 0 Å². The summed E-state index contributed by atoms with van der Waals surface area (Å²) in [6.45, 7) is 2.54. The van der Waals surface area contributed by atoms with E-state index in [-0.39, 0.29) is 0 Å². The van der Waals surface area contributed by atoms with Crippen molar-refractivity contribution in [3.63, 3.8) is 0 Å². The first kappa shape index (κ1) is 9.53. The number of anilines is 1. The van der Waals surface area contributed by atoms with Crippen molar-refractivity contribution >= 4 is 5.69 Å². The topological polar surface area (TPSA) is 32.3 Å². The standard InChI is InChI=1S/C12H17NO/c1-12(14)8-4-6-10-5-2-3-7-11(10)13-9-12/h2-3,5,7,13-14H,4,6,8-9H2,1H3. The van der Waals surface area contributed by atoms with Crippen LogP contribution in [0, 0.1) is 0 Å². The molecule has 1 atom stereocenters. The third kappa shape index (κ3) is 2.07. The lowest BCUT2D eigenvalue weighted by Crippen LogP contribution is -2.34.